The minimum Gasteiger partial charge on any atom is -0.385 e. The Hall–Kier alpha value is -1.55. The number of hydrogen-bond acceptors (Lipinski definition) is 3. The van der Waals surface area contributed by atoms with Crippen LogP contribution < -0.4 is 10.6 Å². The molecule has 112 valence electrons. The number of carbonyl (C=O) groups is 1. The van der Waals surface area contributed by atoms with Crippen molar-refractivity contribution in [2.24, 2.45) is 0 Å². The molecule has 0 unspecified atom stereocenters. The van der Waals surface area contributed by atoms with E-state index in [4.69, 9.17) is 4.74 Å². The predicted octanol–water partition coefficient (Wildman–Crippen LogP) is 2.97. The number of nitrogens with one attached hydrogen (secondary N) is 2. The molecule has 0 aliphatic heterocycles. The van der Waals surface area contributed by atoms with Crippen molar-refractivity contribution in [2.75, 3.05) is 32.1 Å². The summed E-state index contributed by atoms with van der Waals surface area (Å²) in [6.07, 6.45) is 3.11. The number of amides is 1. The fourth-order valence-electron chi connectivity index (χ4n) is 2.08. The summed E-state index contributed by atoms with van der Waals surface area (Å²) >= 11 is 0. The molecule has 20 heavy (non-hydrogen) atoms. The van der Waals surface area contributed by atoms with E-state index in [1.165, 1.54) is 0 Å². The Morgan fingerprint density at radius 2 is 2.05 bits per heavy atom. The van der Waals surface area contributed by atoms with Gasteiger partial charge in [0, 0.05) is 38.1 Å². The molecule has 4 heteroatoms. The van der Waals surface area contributed by atoms with E-state index in [0.29, 0.717) is 0 Å². The molecule has 0 radical (unpaired) electrons. The van der Waals surface area contributed by atoms with Crippen LogP contribution in [0.25, 0.3) is 0 Å². The van der Waals surface area contributed by atoms with Crippen LogP contribution in [0.2, 0.25) is 0 Å². The predicted molar refractivity (Wildman–Crippen MR) is 83.4 cm³/mol. The molecule has 0 spiro atoms. The van der Waals surface area contributed by atoms with Crippen LogP contribution in [-0.2, 0) is 4.74 Å². The molecular weight excluding hydrogens is 252 g/mol. The molecule has 0 atom stereocenters. The Balaban J connectivity index is 2.39. The van der Waals surface area contributed by atoms with Gasteiger partial charge in [0.25, 0.3) is 5.91 Å². The number of unbranched alkanes of at least 4 members (excludes halogenated alkanes) is 2. The molecule has 2 N–H and O–H groups in total. The van der Waals surface area contributed by atoms with Crippen molar-refractivity contribution < 1.29 is 9.53 Å². The minimum absolute atomic E-state index is 0.0114. The number of anilines is 1. The third kappa shape index (κ3) is 5.61. The molecule has 0 saturated carbocycles. The van der Waals surface area contributed by atoms with Gasteiger partial charge in [-0.1, -0.05) is 0 Å². The van der Waals surface area contributed by atoms with Crippen molar-refractivity contribution in [2.45, 2.75) is 33.1 Å². The monoisotopic (exact) mass is 278 g/mol. The molecular formula is C16H26N2O2. The molecule has 0 aliphatic carbocycles. The molecule has 0 aliphatic rings. The van der Waals surface area contributed by atoms with E-state index in [2.05, 4.69) is 17.6 Å². The van der Waals surface area contributed by atoms with Gasteiger partial charge in [0.2, 0.25) is 0 Å². The lowest BCUT2D eigenvalue weighted by Crippen LogP contribution is -2.25. The van der Waals surface area contributed by atoms with Crippen LogP contribution in [0, 0.1) is 6.92 Å². The fourth-order valence-corrected chi connectivity index (χ4v) is 2.08. The van der Waals surface area contributed by atoms with Crippen molar-refractivity contribution in [1.29, 1.82) is 0 Å². The lowest BCUT2D eigenvalue weighted by Gasteiger charge is -2.10. The molecule has 0 aromatic heterocycles. The molecule has 0 fully saturated rings. The summed E-state index contributed by atoms with van der Waals surface area (Å²) in [5.41, 5.74) is 2.81. The maximum Gasteiger partial charge on any atom is 0.251 e. The van der Waals surface area contributed by atoms with E-state index in [1.807, 2.05) is 25.1 Å². The van der Waals surface area contributed by atoms with Gasteiger partial charge in [-0.25, -0.2) is 0 Å². The first kappa shape index (κ1) is 16.5. The van der Waals surface area contributed by atoms with Gasteiger partial charge in [-0.15, -0.1) is 0 Å². The standard InChI is InChI=1S/C16H26N2O2/c1-4-17-14-8-9-15(13(2)12-14)16(19)18-10-6-5-7-11-20-3/h8-9,12,17H,4-7,10-11H2,1-3H3,(H,18,19). The fraction of sp³-hybridized carbons (Fsp3) is 0.562. The third-order valence-corrected chi connectivity index (χ3v) is 3.16. The molecule has 0 bridgehead atoms. The molecule has 1 aromatic carbocycles. The molecule has 0 heterocycles. The van der Waals surface area contributed by atoms with Gasteiger partial charge in [0.15, 0.2) is 0 Å². The average molecular weight is 278 g/mol. The highest BCUT2D eigenvalue weighted by Gasteiger charge is 2.08. The van der Waals surface area contributed by atoms with Crippen LogP contribution in [0.4, 0.5) is 5.69 Å². The zero-order chi connectivity index (χ0) is 14.8. The molecule has 1 amide bonds. The van der Waals surface area contributed by atoms with E-state index in [9.17, 15) is 4.79 Å². The first-order valence-electron chi connectivity index (χ1n) is 7.30. The number of aryl methyl sites for hydroxylation is 1. The summed E-state index contributed by atoms with van der Waals surface area (Å²) in [6.45, 7) is 6.41. The second kappa shape index (κ2) is 9.37. The SMILES string of the molecule is CCNc1ccc(C(=O)NCCCCCOC)c(C)c1. The van der Waals surface area contributed by atoms with E-state index < -0.39 is 0 Å². The average Bonchev–Trinajstić information content (AvgIpc) is 2.43. The molecule has 0 saturated heterocycles. The second-order valence-electron chi connectivity index (χ2n) is 4.87. The number of hydrogen-bond donors (Lipinski definition) is 2. The van der Waals surface area contributed by atoms with Crippen molar-refractivity contribution >= 4 is 11.6 Å². The first-order valence-corrected chi connectivity index (χ1v) is 7.30. The van der Waals surface area contributed by atoms with Crippen LogP contribution in [-0.4, -0.2) is 32.7 Å². The van der Waals surface area contributed by atoms with Gasteiger partial charge >= 0.3 is 0 Å². The third-order valence-electron chi connectivity index (χ3n) is 3.16. The largest absolute Gasteiger partial charge is 0.385 e. The topological polar surface area (TPSA) is 50.4 Å². The van der Waals surface area contributed by atoms with Crippen LogP contribution >= 0.6 is 0 Å². The maximum atomic E-state index is 12.1. The van der Waals surface area contributed by atoms with E-state index in [0.717, 1.165) is 55.8 Å². The Labute approximate surface area is 121 Å². The Kier molecular flexibility index (Phi) is 7.73. The number of methoxy groups -OCH3 is 1. The second-order valence-corrected chi connectivity index (χ2v) is 4.87. The lowest BCUT2D eigenvalue weighted by molar-refractivity contribution is 0.0952. The van der Waals surface area contributed by atoms with Crippen LogP contribution in [0.15, 0.2) is 18.2 Å². The van der Waals surface area contributed by atoms with Crippen molar-refractivity contribution in [3.8, 4) is 0 Å². The molecule has 1 aromatic rings. The first-order chi connectivity index (χ1) is 9.69. The summed E-state index contributed by atoms with van der Waals surface area (Å²) in [5, 5.41) is 6.21. The van der Waals surface area contributed by atoms with Gasteiger partial charge in [-0.05, 0) is 56.9 Å². The van der Waals surface area contributed by atoms with Crippen molar-refractivity contribution in [1.82, 2.24) is 5.32 Å². The van der Waals surface area contributed by atoms with Crippen LogP contribution in [0.5, 0.6) is 0 Å². The van der Waals surface area contributed by atoms with E-state index in [1.54, 1.807) is 7.11 Å². The number of benzene rings is 1. The zero-order valence-electron chi connectivity index (χ0n) is 12.8. The van der Waals surface area contributed by atoms with Gasteiger partial charge in [0.1, 0.15) is 0 Å². The smallest absolute Gasteiger partial charge is 0.251 e. The highest BCUT2D eigenvalue weighted by molar-refractivity contribution is 5.96. The Morgan fingerprint density at radius 3 is 2.70 bits per heavy atom. The van der Waals surface area contributed by atoms with Gasteiger partial charge < -0.3 is 15.4 Å². The quantitative estimate of drug-likeness (QED) is 0.683. The van der Waals surface area contributed by atoms with Gasteiger partial charge in [0.05, 0.1) is 0 Å². The summed E-state index contributed by atoms with van der Waals surface area (Å²) in [6, 6.07) is 5.84. The summed E-state index contributed by atoms with van der Waals surface area (Å²) in [5.74, 6) is 0.0114. The van der Waals surface area contributed by atoms with Crippen LogP contribution in [0.3, 0.4) is 0 Å². The number of carbonyl (C=O) groups excluding carboxylic acids is 1. The number of ether oxygens (including phenoxy) is 1. The van der Waals surface area contributed by atoms with Crippen LogP contribution in [0.1, 0.15) is 42.1 Å². The van der Waals surface area contributed by atoms with Crippen molar-refractivity contribution in [3.63, 3.8) is 0 Å². The van der Waals surface area contributed by atoms with E-state index >= 15 is 0 Å². The van der Waals surface area contributed by atoms with Gasteiger partial charge in [-0.3, -0.25) is 4.79 Å². The van der Waals surface area contributed by atoms with E-state index in [-0.39, 0.29) is 5.91 Å². The highest BCUT2D eigenvalue weighted by atomic mass is 16.5. The summed E-state index contributed by atoms with van der Waals surface area (Å²) in [4.78, 5) is 12.1. The lowest BCUT2D eigenvalue weighted by atomic mass is 10.1. The van der Waals surface area contributed by atoms with Crippen molar-refractivity contribution in [3.05, 3.63) is 29.3 Å². The molecule has 1 rings (SSSR count). The summed E-state index contributed by atoms with van der Waals surface area (Å²) < 4.78 is 4.99. The maximum absolute atomic E-state index is 12.1. The minimum atomic E-state index is 0.0114. The Morgan fingerprint density at radius 1 is 1.25 bits per heavy atom. The summed E-state index contributed by atoms with van der Waals surface area (Å²) in [7, 11) is 1.71. The number of rotatable bonds is 9. The normalized spacial score (nSPS) is 10.3. The Bertz CT molecular complexity index is 419. The van der Waals surface area contributed by atoms with Gasteiger partial charge in [-0.2, -0.15) is 0 Å². The molecule has 4 nitrogen and oxygen atoms in total. The highest BCUT2D eigenvalue weighted by Crippen LogP contribution is 2.15. The zero-order valence-corrected chi connectivity index (χ0v) is 12.8.